The van der Waals surface area contributed by atoms with E-state index < -0.39 is 0 Å². The summed E-state index contributed by atoms with van der Waals surface area (Å²) in [5.74, 6) is 0.965. The van der Waals surface area contributed by atoms with Crippen LogP contribution in [0.3, 0.4) is 0 Å². The number of nitrogens with one attached hydrogen (secondary N) is 3. The number of benzene rings is 2. The second-order valence-electron chi connectivity index (χ2n) is 6.11. The number of aryl methyl sites for hydroxylation is 1. The van der Waals surface area contributed by atoms with Crippen molar-refractivity contribution in [1.82, 2.24) is 4.98 Å². The molecule has 1 atom stereocenters. The van der Waals surface area contributed by atoms with E-state index in [9.17, 15) is 0 Å². The molecule has 0 radical (unpaired) electrons. The van der Waals surface area contributed by atoms with Crippen LogP contribution in [0.2, 0.25) is 5.02 Å². The first-order chi connectivity index (χ1) is 12.2. The van der Waals surface area contributed by atoms with E-state index in [0.717, 1.165) is 27.6 Å². The molecule has 0 aliphatic carbocycles. The highest BCUT2D eigenvalue weighted by atomic mass is 35.5. The third kappa shape index (κ3) is 3.11. The number of halogens is 1. The van der Waals surface area contributed by atoms with Crippen molar-refractivity contribution in [3.8, 4) is 0 Å². The van der Waals surface area contributed by atoms with Crippen LogP contribution in [-0.4, -0.2) is 4.98 Å². The number of hydrogen-bond donors (Lipinski definition) is 2. The number of H-pyrrole nitrogens is 2. The van der Waals surface area contributed by atoms with E-state index in [-0.39, 0.29) is 6.04 Å². The maximum Gasteiger partial charge on any atom is 0.272 e. The first-order valence-electron chi connectivity index (χ1n) is 8.28. The molecule has 25 heavy (non-hydrogen) atoms. The lowest BCUT2D eigenvalue weighted by atomic mass is 9.96. The molecule has 3 N–H and O–H groups in total. The Bertz CT molecular complexity index is 991. The van der Waals surface area contributed by atoms with Crippen molar-refractivity contribution in [2.24, 2.45) is 0 Å². The zero-order valence-corrected chi connectivity index (χ0v) is 14.6. The third-order valence-electron chi connectivity index (χ3n) is 4.44. The van der Waals surface area contributed by atoms with Crippen LogP contribution < -0.4 is 10.3 Å². The average molecular weight is 349 g/mol. The van der Waals surface area contributed by atoms with Crippen LogP contribution in [0.4, 0.5) is 5.82 Å². The Morgan fingerprint density at radius 3 is 2.48 bits per heavy atom. The largest absolute Gasteiger partial charge is 0.358 e. The molecule has 2 heterocycles. The van der Waals surface area contributed by atoms with Gasteiger partial charge in [0.15, 0.2) is 0 Å². The zero-order chi connectivity index (χ0) is 17.2. The van der Waals surface area contributed by atoms with Crippen molar-refractivity contribution in [2.45, 2.75) is 13.0 Å². The number of fused-ring (bicyclic) bond motifs is 1. The number of pyridine rings is 1. The molecule has 0 aliphatic heterocycles. The molecule has 2 aromatic carbocycles. The molecule has 4 aromatic rings. The van der Waals surface area contributed by atoms with Gasteiger partial charge in [-0.25, -0.2) is 4.98 Å². The van der Waals surface area contributed by atoms with Crippen LogP contribution in [0.25, 0.3) is 10.9 Å². The van der Waals surface area contributed by atoms with Crippen molar-refractivity contribution in [3.05, 3.63) is 94.8 Å². The van der Waals surface area contributed by atoms with Gasteiger partial charge in [0.25, 0.3) is 5.82 Å². The summed E-state index contributed by atoms with van der Waals surface area (Å²) in [4.78, 5) is 6.76. The van der Waals surface area contributed by atoms with E-state index in [4.69, 9.17) is 11.6 Å². The van der Waals surface area contributed by atoms with Gasteiger partial charge in [0.2, 0.25) is 0 Å². The highest BCUT2D eigenvalue weighted by Gasteiger charge is 2.25. The van der Waals surface area contributed by atoms with Crippen molar-refractivity contribution in [1.29, 1.82) is 0 Å². The van der Waals surface area contributed by atoms with Gasteiger partial charge < -0.3 is 4.98 Å². The summed E-state index contributed by atoms with van der Waals surface area (Å²) in [6.07, 6.45) is 1.92. The average Bonchev–Trinajstić information content (AvgIpc) is 2.97. The van der Waals surface area contributed by atoms with Crippen molar-refractivity contribution in [2.75, 3.05) is 5.32 Å². The summed E-state index contributed by atoms with van der Waals surface area (Å²) in [5, 5.41) is 5.60. The Morgan fingerprint density at radius 2 is 1.72 bits per heavy atom. The number of aromatic nitrogens is 2. The molecule has 0 aliphatic rings. The van der Waals surface area contributed by atoms with Crippen LogP contribution in [0, 0.1) is 6.92 Å². The highest BCUT2D eigenvalue weighted by Crippen LogP contribution is 2.34. The minimum absolute atomic E-state index is 0.00654. The molecule has 0 fully saturated rings. The van der Waals surface area contributed by atoms with Crippen LogP contribution in [0.5, 0.6) is 0 Å². The highest BCUT2D eigenvalue weighted by molar-refractivity contribution is 6.30. The number of hydrogen-bond acceptors (Lipinski definition) is 1. The Hall–Kier alpha value is -2.78. The predicted octanol–water partition coefficient (Wildman–Crippen LogP) is 5.15. The van der Waals surface area contributed by atoms with E-state index in [0.29, 0.717) is 0 Å². The van der Waals surface area contributed by atoms with Crippen molar-refractivity contribution >= 4 is 28.3 Å². The molecule has 124 valence electrons. The van der Waals surface area contributed by atoms with Gasteiger partial charge >= 0.3 is 0 Å². The summed E-state index contributed by atoms with van der Waals surface area (Å²) < 4.78 is 0. The maximum atomic E-state index is 6.10. The van der Waals surface area contributed by atoms with E-state index >= 15 is 0 Å². The van der Waals surface area contributed by atoms with Crippen LogP contribution >= 0.6 is 11.6 Å². The molecule has 0 saturated heterocycles. The van der Waals surface area contributed by atoms with Gasteiger partial charge in [-0.1, -0.05) is 48.0 Å². The molecule has 0 amide bonds. The van der Waals surface area contributed by atoms with Gasteiger partial charge in [0, 0.05) is 38.8 Å². The lowest BCUT2D eigenvalue weighted by Crippen LogP contribution is -2.19. The molecule has 3 nitrogen and oxygen atoms in total. The Balaban J connectivity index is 1.87. The van der Waals surface area contributed by atoms with Crippen LogP contribution in [0.1, 0.15) is 22.9 Å². The third-order valence-corrected chi connectivity index (χ3v) is 4.70. The van der Waals surface area contributed by atoms with Gasteiger partial charge in [-0.15, -0.1) is 0 Å². The normalized spacial score (nSPS) is 12.2. The van der Waals surface area contributed by atoms with Crippen molar-refractivity contribution in [3.63, 3.8) is 0 Å². The number of aromatic amines is 2. The topological polar surface area (TPSA) is 42.0 Å². The van der Waals surface area contributed by atoms with Crippen LogP contribution in [0.15, 0.2) is 72.9 Å². The lowest BCUT2D eigenvalue weighted by Gasteiger charge is -2.16. The van der Waals surface area contributed by atoms with Crippen molar-refractivity contribution < 1.29 is 4.98 Å². The minimum Gasteiger partial charge on any atom is -0.358 e. The summed E-state index contributed by atoms with van der Waals surface area (Å²) in [7, 11) is 0. The number of para-hydroxylation sites is 1. The summed E-state index contributed by atoms with van der Waals surface area (Å²) in [6.45, 7) is 2.12. The minimum atomic E-state index is 0.00654. The van der Waals surface area contributed by atoms with E-state index in [2.05, 4.69) is 58.6 Å². The summed E-state index contributed by atoms with van der Waals surface area (Å²) in [6, 6.07) is 22.4. The Kier molecular flexibility index (Phi) is 4.16. The quantitative estimate of drug-likeness (QED) is 0.526. The Morgan fingerprint density at radius 1 is 0.960 bits per heavy atom. The zero-order valence-electron chi connectivity index (χ0n) is 13.9. The molecular weight excluding hydrogens is 330 g/mol. The second-order valence-corrected chi connectivity index (χ2v) is 6.55. The SMILES string of the molecule is Cc1[nH]c2ccccc2c1[C@H](Nc1cccc[nH+]1)c1ccc(Cl)cc1. The molecule has 4 rings (SSSR count). The molecule has 4 heteroatoms. The molecule has 0 saturated carbocycles. The molecular formula is C21H19ClN3+. The first kappa shape index (κ1) is 15.7. The van der Waals surface area contributed by atoms with E-state index in [1.54, 1.807) is 0 Å². The van der Waals surface area contributed by atoms with Gasteiger partial charge in [-0.2, -0.15) is 0 Å². The van der Waals surface area contributed by atoms with Gasteiger partial charge in [0.05, 0.1) is 6.20 Å². The first-order valence-corrected chi connectivity index (χ1v) is 8.66. The second kappa shape index (κ2) is 6.61. The van der Waals surface area contributed by atoms with E-state index in [1.165, 1.54) is 10.9 Å². The van der Waals surface area contributed by atoms with E-state index in [1.807, 2.05) is 36.5 Å². The fourth-order valence-corrected chi connectivity index (χ4v) is 3.41. The predicted molar refractivity (Wildman–Crippen MR) is 103 cm³/mol. The monoisotopic (exact) mass is 348 g/mol. The maximum absolute atomic E-state index is 6.10. The lowest BCUT2D eigenvalue weighted by molar-refractivity contribution is -0.361. The standard InChI is InChI=1S/C21H18ClN3/c1-14-20(17-6-2-3-7-18(17)24-14)21(15-9-11-16(22)12-10-15)25-19-8-4-5-13-23-19/h2-13,21,24H,1H3,(H,23,25)/p+1/t21-/m1/s1. The number of rotatable bonds is 4. The van der Waals surface area contributed by atoms with Gasteiger partial charge in [0.1, 0.15) is 6.04 Å². The number of anilines is 1. The fourth-order valence-electron chi connectivity index (χ4n) is 3.29. The molecule has 2 aromatic heterocycles. The summed E-state index contributed by atoms with van der Waals surface area (Å²) >= 11 is 6.10. The van der Waals surface area contributed by atoms with Gasteiger partial charge in [-0.3, -0.25) is 5.32 Å². The fraction of sp³-hybridized carbons (Fsp3) is 0.0952. The summed E-state index contributed by atoms with van der Waals surface area (Å²) in [5.41, 5.74) is 4.71. The molecule has 0 bridgehead atoms. The molecule has 0 unspecified atom stereocenters. The van der Waals surface area contributed by atoms with Crippen LogP contribution in [-0.2, 0) is 0 Å². The molecule has 0 spiro atoms. The Labute approximate surface area is 151 Å². The van der Waals surface area contributed by atoms with Gasteiger partial charge in [-0.05, 0) is 31.2 Å². The smallest absolute Gasteiger partial charge is 0.272 e.